The molecule has 0 saturated carbocycles. The first kappa shape index (κ1) is 17.5. The Morgan fingerprint density at radius 3 is 2.52 bits per heavy atom. The van der Waals surface area contributed by atoms with Crippen LogP contribution in [0.1, 0.15) is 50.7 Å². The number of ether oxygens (including phenoxy) is 1. The van der Waals surface area contributed by atoms with Crippen LogP contribution in [-0.4, -0.2) is 24.0 Å². The largest absolute Gasteiger partial charge is 0.492 e. The van der Waals surface area contributed by atoms with Gasteiger partial charge in [0, 0.05) is 12.6 Å². The molecule has 0 aliphatic heterocycles. The summed E-state index contributed by atoms with van der Waals surface area (Å²) in [5, 5.41) is 0. The van der Waals surface area contributed by atoms with E-state index in [1.807, 2.05) is 33.8 Å². The second-order valence-electron chi connectivity index (χ2n) is 5.75. The van der Waals surface area contributed by atoms with E-state index in [2.05, 4.69) is 4.98 Å². The molecule has 0 atom stereocenters. The number of aryl methyl sites for hydroxylation is 2. The fraction of sp³-hybridized carbons (Fsp3) is 0.471. The van der Waals surface area contributed by atoms with E-state index in [4.69, 9.17) is 4.74 Å². The Kier molecular flexibility index (Phi) is 5.14. The first-order chi connectivity index (χ1) is 10.8. The topological polar surface area (TPSA) is 61.2 Å². The minimum atomic E-state index is -3.74. The fourth-order valence-corrected chi connectivity index (χ4v) is 4.05. The fourth-order valence-electron chi connectivity index (χ4n) is 2.43. The third-order valence-corrected chi connectivity index (χ3v) is 5.36. The summed E-state index contributed by atoms with van der Waals surface area (Å²) >= 11 is 0. The zero-order valence-electron chi connectivity index (χ0n) is 14.3. The lowest BCUT2D eigenvalue weighted by molar-refractivity contribution is 0.331. The van der Waals surface area contributed by atoms with E-state index < -0.39 is 10.0 Å². The van der Waals surface area contributed by atoms with Crippen molar-refractivity contribution in [2.24, 2.45) is 0 Å². The van der Waals surface area contributed by atoms with E-state index in [1.54, 1.807) is 25.3 Å². The molecule has 0 aliphatic rings. The summed E-state index contributed by atoms with van der Waals surface area (Å²) < 4.78 is 33.1. The van der Waals surface area contributed by atoms with Crippen molar-refractivity contribution in [1.29, 1.82) is 0 Å². The standard InChI is InChI=1S/C17H24N2O3S/c1-6-17-18-13(5)11-19(17)23(20,21)16-10-14(12(3)4)8-9-15(16)22-7-2/h8-12H,6-7H2,1-5H3. The van der Waals surface area contributed by atoms with Crippen molar-refractivity contribution in [2.45, 2.75) is 51.9 Å². The van der Waals surface area contributed by atoms with Crippen LogP contribution < -0.4 is 4.74 Å². The molecule has 0 saturated heterocycles. The molecule has 1 aromatic heterocycles. The summed E-state index contributed by atoms with van der Waals surface area (Å²) in [6.07, 6.45) is 2.10. The van der Waals surface area contributed by atoms with Crippen LogP contribution >= 0.6 is 0 Å². The summed E-state index contributed by atoms with van der Waals surface area (Å²) in [7, 11) is -3.74. The number of rotatable bonds is 6. The van der Waals surface area contributed by atoms with E-state index in [0.717, 1.165) is 5.56 Å². The van der Waals surface area contributed by atoms with Gasteiger partial charge in [-0.1, -0.05) is 26.8 Å². The molecule has 0 N–H and O–H groups in total. The van der Waals surface area contributed by atoms with Crippen LogP contribution in [0.15, 0.2) is 29.3 Å². The van der Waals surface area contributed by atoms with Crippen molar-refractivity contribution >= 4 is 10.0 Å². The first-order valence-electron chi connectivity index (χ1n) is 7.88. The minimum absolute atomic E-state index is 0.192. The molecule has 1 aromatic carbocycles. The Morgan fingerprint density at radius 1 is 1.26 bits per heavy atom. The molecule has 126 valence electrons. The maximum absolute atomic E-state index is 13.1. The smallest absolute Gasteiger partial charge is 0.272 e. The Morgan fingerprint density at radius 2 is 1.96 bits per heavy atom. The lowest BCUT2D eigenvalue weighted by atomic mass is 10.0. The van der Waals surface area contributed by atoms with Crippen molar-refractivity contribution in [2.75, 3.05) is 6.61 Å². The molecule has 1 heterocycles. The Balaban J connectivity index is 2.68. The average molecular weight is 336 g/mol. The van der Waals surface area contributed by atoms with E-state index >= 15 is 0 Å². The second-order valence-corrected chi connectivity index (χ2v) is 7.53. The van der Waals surface area contributed by atoms with Crippen LogP contribution in [0.25, 0.3) is 0 Å². The number of imidazole rings is 1. The van der Waals surface area contributed by atoms with Gasteiger partial charge >= 0.3 is 0 Å². The van der Waals surface area contributed by atoms with Gasteiger partial charge in [0.25, 0.3) is 10.0 Å². The highest BCUT2D eigenvalue weighted by Crippen LogP contribution is 2.30. The monoisotopic (exact) mass is 336 g/mol. The number of nitrogens with zero attached hydrogens (tertiary/aromatic N) is 2. The van der Waals surface area contributed by atoms with Gasteiger partial charge in [-0.25, -0.2) is 17.4 Å². The molecule has 0 amide bonds. The second kappa shape index (κ2) is 6.74. The van der Waals surface area contributed by atoms with Crippen LogP contribution in [-0.2, 0) is 16.4 Å². The summed E-state index contributed by atoms with van der Waals surface area (Å²) in [4.78, 5) is 4.49. The molecule has 6 heteroatoms. The Labute approximate surface area is 138 Å². The van der Waals surface area contributed by atoms with Crippen molar-refractivity contribution in [3.8, 4) is 5.75 Å². The summed E-state index contributed by atoms with van der Waals surface area (Å²) in [5.41, 5.74) is 1.64. The van der Waals surface area contributed by atoms with Gasteiger partial charge in [-0.15, -0.1) is 0 Å². The number of benzene rings is 1. The van der Waals surface area contributed by atoms with Crippen LogP contribution in [0.3, 0.4) is 0 Å². The molecule has 0 unspecified atom stereocenters. The Hall–Kier alpha value is -1.82. The minimum Gasteiger partial charge on any atom is -0.492 e. The average Bonchev–Trinajstić information content (AvgIpc) is 2.89. The highest BCUT2D eigenvalue weighted by atomic mass is 32.2. The molecule has 0 spiro atoms. The SMILES string of the molecule is CCOc1ccc(C(C)C)cc1S(=O)(=O)n1cc(C)nc1CC. The predicted octanol–water partition coefficient (Wildman–Crippen LogP) is 3.51. The normalized spacial score (nSPS) is 11.9. The third kappa shape index (κ3) is 3.42. The van der Waals surface area contributed by atoms with Crippen molar-refractivity contribution in [1.82, 2.24) is 8.96 Å². The maximum atomic E-state index is 13.1. The molecule has 2 rings (SSSR count). The molecule has 0 radical (unpaired) electrons. The first-order valence-corrected chi connectivity index (χ1v) is 9.32. The van der Waals surface area contributed by atoms with Crippen molar-refractivity contribution < 1.29 is 13.2 Å². The zero-order valence-corrected chi connectivity index (χ0v) is 15.1. The van der Waals surface area contributed by atoms with Gasteiger partial charge in [0.1, 0.15) is 16.5 Å². The lowest BCUT2D eigenvalue weighted by Gasteiger charge is -2.15. The molecular formula is C17H24N2O3S. The summed E-state index contributed by atoms with van der Waals surface area (Å²) in [6, 6.07) is 5.36. The van der Waals surface area contributed by atoms with Gasteiger partial charge in [-0.05, 0) is 37.5 Å². The van der Waals surface area contributed by atoms with E-state index in [0.29, 0.717) is 30.3 Å². The van der Waals surface area contributed by atoms with E-state index in [9.17, 15) is 8.42 Å². The number of hydrogen-bond acceptors (Lipinski definition) is 4. The highest BCUT2D eigenvalue weighted by Gasteiger charge is 2.25. The molecule has 2 aromatic rings. The third-order valence-electron chi connectivity index (χ3n) is 3.65. The van der Waals surface area contributed by atoms with Crippen molar-refractivity contribution in [3.63, 3.8) is 0 Å². The van der Waals surface area contributed by atoms with Crippen LogP contribution in [0.2, 0.25) is 0 Å². The number of hydrogen-bond donors (Lipinski definition) is 0. The van der Waals surface area contributed by atoms with Gasteiger partial charge in [0.05, 0.1) is 12.3 Å². The molecule has 0 fully saturated rings. The lowest BCUT2D eigenvalue weighted by Crippen LogP contribution is -2.16. The molecular weight excluding hydrogens is 312 g/mol. The van der Waals surface area contributed by atoms with Crippen molar-refractivity contribution in [3.05, 3.63) is 41.5 Å². The molecule has 5 nitrogen and oxygen atoms in total. The zero-order chi connectivity index (χ0) is 17.2. The summed E-state index contributed by atoms with van der Waals surface area (Å²) in [5.74, 6) is 1.14. The maximum Gasteiger partial charge on any atom is 0.272 e. The van der Waals surface area contributed by atoms with Gasteiger partial charge in [-0.3, -0.25) is 0 Å². The van der Waals surface area contributed by atoms with Crippen LogP contribution in [0.5, 0.6) is 5.75 Å². The van der Waals surface area contributed by atoms with Crippen LogP contribution in [0, 0.1) is 6.92 Å². The molecule has 0 aliphatic carbocycles. The summed E-state index contributed by atoms with van der Waals surface area (Å²) in [6.45, 7) is 10.00. The van der Waals surface area contributed by atoms with E-state index in [1.165, 1.54) is 3.97 Å². The highest BCUT2D eigenvalue weighted by molar-refractivity contribution is 7.90. The van der Waals surface area contributed by atoms with Crippen LogP contribution in [0.4, 0.5) is 0 Å². The quantitative estimate of drug-likeness (QED) is 0.810. The molecule has 23 heavy (non-hydrogen) atoms. The van der Waals surface area contributed by atoms with E-state index in [-0.39, 0.29) is 10.8 Å². The van der Waals surface area contributed by atoms with Gasteiger partial charge in [-0.2, -0.15) is 0 Å². The van der Waals surface area contributed by atoms with Gasteiger partial charge in [0.2, 0.25) is 0 Å². The molecule has 0 bridgehead atoms. The number of aromatic nitrogens is 2. The Bertz CT molecular complexity index is 792. The van der Waals surface area contributed by atoms with Gasteiger partial charge in [0.15, 0.2) is 0 Å². The van der Waals surface area contributed by atoms with Gasteiger partial charge < -0.3 is 4.74 Å². The predicted molar refractivity (Wildman–Crippen MR) is 90.6 cm³/mol.